The van der Waals surface area contributed by atoms with Crippen LogP contribution in [-0.4, -0.2) is 44.0 Å². The smallest absolute Gasteiger partial charge is 0.266 e. The molecule has 102 valence electrons. The molecule has 7 heteroatoms. The zero-order valence-corrected chi connectivity index (χ0v) is 11.7. The number of rotatable bonds is 5. The van der Waals surface area contributed by atoms with Crippen molar-refractivity contribution in [3.05, 3.63) is 33.8 Å². The van der Waals surface area contributed by atoms with Gasteiger partial charge in [0.1, 0.15) is 10.7 Å². The maximum Gasteiger partial charge on any atom is 0.266 e. The van der Waals surface area contributed by atoms with Crippen LogP contribution in [0.4, 0.5) is 0 Å². The summed E-state index contributed by atoms with van der Waals surface area (Å²) in [4.78, 5) is 25.8. The fourth-order valence-electron chi connectivity index (χ4n) is 1.78. The average molecular weight is 280 g/mol. The number of aromatic amines is 1. The van der Waals surface area contributed by atoms with Crippen molar-refractivity contribution in [3.8, 4) is 0 Å². The van der Waals surface area contributed by atoms with Gasteiger partial charge in [-0.15, -0.1) is 11.3 Å². The molecule has 2 rings (SSSR count). The number of amides is 1. The molecule has 6 nitrogen and oxygen atoms in total. The van der Waals surface area contributed by atoms with Crippen molar-refractivity contribution < 1.29 is 9.90 Å². The highest BCUT2D eigenvalue weighted by Gasteiger charge is 2.20. The van der Waals surface area contributed by atoms with Crippen LogP contribution in [0.15, 0.2) is 11.7 Å². The second-order valence-electron chi connectivity index (χ2n) is 4.21. The number of aliphatic hydroxyl groups is 1. The molecule has 2 N–H and O–H groups in total. The van der Waals surface area contributed by atoms with Gasteiger partial charge in [0.25, 0.3) is 5.91 Å². The topological polar surface area (TPSA) is 82.1 Å². The second-order valence-corrected chi connectivity index (χ2v) is 5.07. The van der Waals surface area contributed by atoms with Crippen LogP contribution in [0, 0.1) is 13.8 Å². The third-order valence-electron chi connectivity index (χ3n) is 2.71. The normalized spacial score (nSPS) is 10.7. The summed E-state index contributed by atoms with van der Waals surface area (Å²) in [5.74, 6) is 0.696. The van der Waals surface area contributed by atoms with Crippen molar-refractivity contribution in [2.24, 2.45) is 0 Å². The van der Waals surface area contributed by atoms with Crippen molar-refractivity contribution in [2.75, 3.05) is 13.2 Å². The number of carbonyl (C=O) groups excluding carboxylic acids is 1. The highest BCUT2D eigenvalue weighted by molar-refractivity contribution is 7.11. The van der Waals surface area contributed by atoms with Gasteiger partial charge < -0.3 is 15.0 Å². The summed E-state index contributed by atoms with van der Waals surface area (Å²) < 4.78 is 0. The summed E-state index contributed by atoms with van der Waals surface area (Å²) in [7, 11) is 0. The van der Waals surface area contributed by atoms with Gasteiger partial charge in [0.15, 0.2) is 0 Å². The molecule has 2 aromatic heterocycles. The number of imidazole rings is 1. The number of hydrogen-bond acceptors (Lipinski definition) is 5. The van der Waals surface area contributed by atoms with E-state index in [-0.39, 0.29) is 19.1 Å². The molecule has 0 bridgehead atoms. The molecule has 0 spiro atoms. The summed E-state index contributed by atoms with van der Waals surface area (Å²) in [6.45, 7) is 4.28. The third kappa shape index (κ3) is 3.18. The molecule has 0 aliphatic rings. The molecule has 0 fully saturated rings. The number of thiazole rings is 1. The fraction of sp³-hybridized carbons (Fsp3) is 0.417. The molecular weight excluding hydrogens is 264 g/mol. The lowest BCUT2D eigenvalue weighted by molar-refractivity contribution is 0.0709. The zero-order chi connectivity index (χ0) is 13.8. The third-order valence-corrected chi connectivity index (χ3v) is 3.63. The number of H-pyrrole nitrogens is 1. The van der Waals surface area contributed by atoms with Crippen LogP contribution in [-0.2, 0) is 6.54 Å². The standard InChI is InChI=1S/C12H16N4O2S/c1-8-11(19-7-14-8)12(18)16(3-4-17)6-10-5-13-9(2)15-10/h5,7,17H,3-4,6H2,1-2H3,(H,13,15). The number of nitrogens with zero attached hydrogens (tertiary/aromatic N) is 3. The van der Waals surface area contributed by atoms with Crippen LogP contribution in [0.2, 0.25) is 0 Å². The summed E-state index contributed by atoms with van der Waals surface area (Å²) in [6, 6.07) is 0. The molecule has 2 aromatic rings. The maximum absolute atomic E-state index is 12.4. The minimum Gasteiger partial charge on any atom is -0.395 e. The zero-order valence-electron chi connectivity index (χ0n) is 10.9. The van der Waals surface area contributed by atoms with Gasteiger partial charge in [0.2, 0.25) is 0 Å². The summed E-state index contributed by atoms with van der Waals surface area (Å²) in [6.07, 6.45) is 1.70. The van der Waals surface area contributed by atoms with Crippen LogP contribution < -0.4 is 0 Å². The van der Waals surface area contributed by atoms with Gasteiger partial charge in [-0.3, -0.25) is 4.79 Å². The van der Waals surface area contributed by atoms with E-state index in [2.05, 4.69) is 15.0 Å². The summed E-state index contributed by atoms with van der Waals surface area (Å²) >= 11 is 1.32. The van der Waals surface area contributed by atoms with Crippen LogP contribution in [0.3, 0.4) is 0 Å². The Morgan fingerprint density at radius 2 is 2.26 bits per heavy atom. The van der Waals surface area contributed by atoms with E-state index in [1.165, 1.54) is 11.3 Å². The molecule has 2 heterocycles. The second kappa shape index (κ2) is 5.94. The largest absolute Gasteiger partial charge is 0.395 e. The highest BCUT2D eigenvalue weighted by atomic mass is 32.1. The Kier molecular flexibility index (Phi) is 4.28. The molecule has 0 aliphatic carbocycles. The molecule has 0 aliphatic heterocycles. The van der Waals surface area contributed by atoms with Crippen molar-refractivity contribution in [1.82, 2.24) is 19.9 Å². The van der Waals surface area contributed by atoms with E-state index in [1.807, 2.05) is 6.92 Å². The van der Waals surface area contributed by atoms with Gasteiger partial charge in [0.05, 0.1) is 36.2 Å². The Morgan fingerprint density at radius 1 is 1.47 bits per heavy atom. The monoisotopic (exact) mass is 280 g/mol. The first-order valence-electron chi connectivity index (χ1n) is 5.92. The maximum atomic E-state index is 12.4. The number of hydrogen-bond donors (Lipinski definition) is 2. The Labute approximate surface area is 115 Å². The Morgan fingerprint density at radius 3 is 2.79 bits per heavy atom. The van der Waals surface area contributed by atoms with Gasteiger partial charge in [0, 0.05) is 6.54 Å². The molecule has 0 unspecified atom stereocenters. The molecule has 1 amide bonds. The Bertz CT molecular complexity index is 564. The minimum atomic E-state index is -0.110. The van der Waals surface area contributed by atoms with E-state index in [0.717, 1.165) is 17.2 Å². The predicted molar refractivity (Wildman–Crippen MR) is 72.0 cm³/mol. The minimum absolute atomic E-state index is 0.0727. The first-order chi connectivity index (χ1) is 9.11. The number of nitrogens with one attached hydrogen (secondary N) is 1. The molecular formula is C12H16N4O2S. The first kappa shape index (κ1) is 13.7. The van der Waals surface area contributed by atoms with Crippen LogP contribution in [0.25, 0.3) is 0 Å². The number of carbonyl (C=O) groups is 1. The van der Waals surface area contributed by atoms with E-state index >= 15 is 0 Å². The van der Waals surface area contributed by atoms with Gasteiger partial charge in [-0.05, 0) is 13.8 Å². The molecule has 0 radical (unpaired) electrons. The quantitative estimate of drug-likeness (QED) is 0.859. The average Bonchev–Trinajstić information content (AvgIpc) is 2.97. The van der Waals surface area contributed by atoms with Gasteiger partial charge >= 0.3 is 0 Å². The lowest BCUT2D eigenvalue weighted by atomic mass is 10.3. The SMILES string of the molecule is Cc1ncc(CN(CCO)C(=O)c2scnc2C)[nH]1. The van der Waals surface area contributed by atoms with Crippen molar-refractivity contribution >= 4 is 17.2 Å². The molecule has 19 heavy (non-hydrogen) atoms. The van der Waals surface area contributed by atoms with Crippen molar-refractivity contribution in [3.63, 3.8) is 0 Å². The van der Waals surface area contributed by atoms with Gasteiger partial charge in [-0.2, -0.15) is 0 Å². The molecule has 0 atom stereocenters. The van der Waals surface area contributed by atoms with Crippen LogP contribution >= 0.6 is 11.3 Å². The predicted octanol–water partition coefficient (Wildman–Crippen LogP) is 1.12. The molecule has 0 aromatic carbocycles. The van der Waals surface area contributed by atoms with E-state index in [1.54, 1.807) is 23.5 Å². The molecule has 0 saturated heterocycles. The lowest BCUT2D eigenvalue weighted by Gasteiger charge is -2.20. The van der Waals surface area contributed by atoms with E-state index in [0.29, 0.717) is 11.4 Å². The summed E-state index contributed by atoms with van der Waals surface area (Å²) in [5, 5.41) is 9.10. The Balaban J connectivity index is 2.16. The molecule has 0 saturated carbocycles. The fourth-order valence-corrected chi connectivity index (χ4v) is 2.55. The van der Waals surface area contributed by atoms with Crippen LogP contribution in [0.5, 0.6) is 0 Å². The van der Waals surface area contributed by atoms with E-state index in [9.17, 15) is 4.79 Å². The lowest BCUT2D eigenvalue weighted by Crippen LogP contribution is -2.33. The van der Waals surface area contributed by atoms with Crippen LogP contribution in [0.1, 0.15) is 26.9 Å². The number of aryl methyl sites for hydroxylation is 2. The van der Waals surface area contributed by atoms with Gasteiger partial charge in [-0.1, -0.05) is 0 Å². The van der Waals surface area contributed by atoms with Gasteiger partial charge in [-0.25, -0.2) is 9.97 Å². The number of aliphatic hydroxyl groups excluding tert-OH is 1. The highest BCUT2D eigenvalue weighted by Crippen LogP contribution is 2.16. The Hall–Kier alpha value is -1.73. The van der Waals surface area contributed by atoms with Crippen molar-refractivity contribution in [2.45, 2.75) is 20.4 Å². The van der Waals surface area contributed by atoms with Crippen molar-refractivity contribution in [1.29, 1.82) is 0 Å². The first-order valence-corrected chi connectivity index (χ1v) is 6.80. The summed E-state index contributed by atoms with van der Waals surface area (Å²) in [5.41, 5.74) is 3.22. The van der Waals surface area contributed by atoms with E-state index in [4.69, 9.17) is 5.11 Å². The number of aromatic nitrogens is 3. The van der Waals surface area contributed by atoms with E-state index < -0.39 is 0 Å².